The lowest BCUT2D eigenvalue weighted by Gasteiger charge is -2.04. The van der Waals surface area contributed by atoms with Gasteiger partial charge >= 0.3 is 5.97 Å². The van der Waals surface area contributed by atoms with E-state index in [4.69, 9.17) is 16.7 Å². The molecule has 1 amide bonds. The zero-order valence-corrected chi connectivity index (χ0v) is 12.2. The minimum Gasteiger partial charge on any atom is -0.476 e. The minimum atomic E-state index is -1.08. The number of aromatic nitrogens is 1. The van der Waals surface area contributed by atoms with Crippen LogP contribution in [0.5, 0.6) is 0 Å². The first-order valence-corrected chi connectivity index (χ1v) is 7.14. The zero-order chi connectivity index (χ0) is 15.4. The number of halogens is 2. The molecule has 0 atom stereocenters. The quantitative estimate of drug-likeness (QED) is 0.884. The Morgan fingerprint density at radius 1 is 1.43 bits per heavy atom. The number of hydrogen-bond acceptors (Lipinski definition) is 4. The van der Waals surface area contributed by atoms with E-state index in [1.807, 2.05) is 0 Å². The van der Waals surface area contributed by atoms with Crippen molar-refractivity contribution >= 4 is 34.8 Å². The number of hydrogen-bond donors (Lipinski definition) is 2. The van der Waals surface area contributed by atoms with Crippen LogP contribution in [0.1, 0.15) is 25.9 Å². The number of benzene rings is 1. The number of carbonyl (C=O) groups is 2. The SMILES string of the molecule is O=C(NCCc1nc(C(=O)O)cs1)c1ccc(F)c(Cl)c1. The van der Waals surface area contributed by atoms with Crippen molar-refractivity contribution in [2.45, 2.75) is 6.42 Å². The molecule has 0 unspecified atom stereocenters. The second-order valence-corrected chi connectivity index (χ2v) is 5.42. The van der Waals surface area contributed by atoms with Gasteiger partial charge in [0.2, 0.25) is 0 Å². The standard InChI is InChI=1S/C13H10ClFN2O3S/c14-8-5-7(1-2-9(8)15)12(18)16-4-3-11-17-10(6-21-11)13(19)20/h1-2,5-6H,3-4H2,(H,16,18)(H,19,20). The molecule has 0 aliphatic heterocycles. The van der Waals surface area contributed by atoms with E-state index >= 15 is 0 Å². The van der Waals surface area contributed by atoms with Gasteiger partial charge < -0.3 is 10.4 Å². The number of carboxylic acid groups (broad SMARTS) is 1. The Hall–Kier alpha value is -1.99. The highest BCUT2D eigenvalue weighted by Gasteiger charge is 2.10. The fourth-order valence-corrected chi connectivity index (χ4v) is 2.50. The molecule has 0 aliphatic rings. The van der Waals surface area contributed by atoms with E-state index in [9.17, 15) is 14.0 Å². The van der Waals surface area contributed by atoms with Gasteiger partial charge in [0.1, 0.15) is 5.82 Å². The summed E-state index contributed by atoms with van der Waals surface area (Å²) in [5, 5.41) is 13.3. The molecule has 0 bridgehead atoms. The molecule has 110 valence electrons. The minimum absolute atomic E-state index is 0.00774. The van der Waals surface area contributed by atoms with Gasteiger partial charge in [-0.3, -0.25) is 4.79 Å². The summed E-state index contributed by atoms with van der Waals surface area (Å²) in [6.07, 6.45) is 0.415. The Morgan fingerprint density at radius 3 is 2.81 bits per heavy atom. The van der Waals surface area contributed by atoms with Crippen molar-refractivity contribution in [1.82, 2.24) is 10.3 Å². The van der Waals surface area contributed by atoms with Crippen molar-refractivity contribution in [2.75, 3.05) is 6.54 Å². The molecule has 1 aromatic carbocycles. The Morgan fingerprint density at radius 2 is 2.19 bits per heavy atom. The van der Waals surface area contributed by atoms with Crippen LogP contribution in [-0.4, -0.2) is 28.5 Å². The molecule has 8 heteroatoms. The highest BCUT2D eigenvalue weighted by Crippen LogP contribution is 2.16. The van der Waals surface area contributed by atoms with Gasteiger partial charge in [-0.05, 0) is 18.2 Å². The average Bonchev–Trinajstić information content (AvgIpc) is 2.91. The number of carboxylic acids is 1. The molecular formula is C13H10ClFN2O3S. The van der Waals surface area contributed by atoms with Gasteiger partial charge in [-0.2, -0.15) is 0 Å². The van der Waals surface area contributed by atoms with Crippen molar-refractivity contribution in [3.63, 3.8) is 0 Å². The Labute approximate surface area is 128 Å². The molecule has 21 heavy (non-hydrogen) atoms. The second kappa shape index (κ2) is 6.64. The number of nitrogens with one attached hydrogen (secondary N) is 1. The molecule has 0 saturated carbocycles. The zero-order valence-electron chi connectivity index (χ0n) is 10.6. The second-order valence-electron chi connectivity index (χ2n) is 4.07. The average molecular weight is 329 g/mol. The van der Waals surface area contributed by atoms with E-state index in [0.717, 1.165) is 6.07 Å². The molecule has 2 rings (SSSR count). The number of amides is 1. The number of nitrogens with zero attached hydrogens (tertiary/aromatic N) is 1. The van der Waals surface area contributed by atoms with Crippen molar-refractivity contribution in [1.29, 1.82) is 0 Å². The number of thiazole rings is 1. The summed E-state index contributed by atoms with van der Waals surface area (Å²) < 4.78 is 13.0. The molecule has 0 fully saturated rings. The molecule has 0 aliphatic carbocycles. The predicted octanol–water partition coefficient (Wildman–Crippen LogP) is 2.61. The summed E-state index contributed by atoms with van der Waals surface area (Å²) in [6.45, 7) is 0.292. The smallest absolute Gasteiger partial charge is 0.355 e. The first-order valence-electron chi connectivity index (χ1n) is 5.88. The normalized spacial score (nSPS) is 10.4. The first-order chi connectivity index (χ1) is 9.97. The van der Waals surface area contributed by atoms with Crippen LogP contribution < -0.4 is 5.32 Å². The summed E-state index contributed by atoms with van der Waals surface area (Å²) in [7, 11) is 0. The lowest BCUT2D eigenvalue weighted by molar-refractivity contribution is 0.0690. The van der Waals surface area contributed by atoms with E-state index in [0.29, 0.717) is 18.0 Å². The van der Waals surface area contributed by atoms with E-state index in [1.165, 1.54) is 28.8 Å². The Balaban J connectivity index is 1.88. The molecule has 2 aromatic rings. The lowest BCUT2D eigenvalue weighted by atomic mass is 10.2. The lowest BCUT2D eigenvalue weighted by Crippen LogP contribution is -2.25. The van der Waals surface area contributed by atoms with Gasteiger partial charge in [0.05, 0.1) is 10.0 Å². The summed E-state index contributed by atoms with van der Waals surface area (Å²) in [5.41, 5.74) is 0.249. The number of rotatable bonds is 5. The Kier molecular flexibility index (Phi) is 4.87. The molecule has 2 N–H and O–H groups in total. The van der Waals surface area contributed by atoms with Crippen molar-refractivity contribution < 1.29 is 19.1 Å². The van der Waals surface area contributed by atoms with Crippen molar-refractivity contribution in [2.24, 2.45) is 0 Å². The summed E-state index contributed by atoms with van der Waals surface area (Å²) in [6, 6.07) is 3.71. The topological polar surface area (TPSA) is 79.3 Å². The Bertz CT molecular complexity index is 690. The summed E-state index contributed by atoms with van der Waals surface area (Å²) >= 11 is 6.82. The van der Waals surface area contributed by atoms with Crippen LogP contribution in [0.15, 0.2) is 23.6 Å². The van der Waals surface area contributed by atoms with Gasteiger partial charge in [-0.1, -0.05) is 11.6 Å². The molecule has 1 aromatic heterocycles. The fourth-order valence-electron chi connectivity index (χ4n) is 1.55. The molecule has 0 spiro atoms. The van der Waals surface area contributed by atoms with Gasteiger partial charge in [0, 0.05) is 23.9 Å². The van der Waals surface area contributed by atoms with Gasteiger partial charge in [-0.25, -0.2) is 14.2 Å². The molecular weight excluding hydrogens is 319 g/mol. The van der Waals surface area contributed by atoms with E-state index < -0.39 is 11.8 Å². The maximum atomic E-state index is 13.0. The maximum Gasteiger partial charge on any atom is 0.355 e. The van der Waals surface area contributed by atoms with E-state index in [2.05, 4.69) is 10.3 Å². The largest absolute Gasteiger partial charge is 0.476 e. The third-order valence-corrected chi connectivity index (χ3v) is 3.78. The highest BCUT2D eigenvalue weighted by atomic mass is 35.5. The van der Waals surface area contributed by atoms with Crippen molar-refractivity contribution in [3.05, 3.63) is 50.7 Å². The van der Waals surface area contributed by atoms with Crippen LogP contribution in [0.2, 0.25) is 5.02 Å². The predicted molar refractivity (Wildman–Crippen MR) is 76.5 cm³/mol. The third kappa shape index (κ3) is 3.99. The summed E-state index contributed by atoms with van der Waals surface area (Å²) in [5.74, 6) is -2.05. The first kappa shape index (κ1) is 15.4. The summed E-state index contributed by atoms with van der Waals surface area (Å²) in [4.78, 5) is 26.4. The molecule has 0 radical (unpaired) electrons. The van der Waals surface area contributed by atoms with E-state index in [1.54, 1.807) is 0 Å². The van der Waals surface area contributed by atoms with Gasteiger partial charge in [0.25, 0.3) is 5.91 Å². The van der Waals surface area contributed by atoms with Crippen LogP contribution in [-0.2, 0) is 6.42 Å². The van der Waals surface area contributed by atoms with Gasteiger partial charge in [-0.15, -0.1) is 11.3 Å². The van der Waals surface area contributed by atoms with Crippen LogP contribution in [0.3, 0.4) is 0 Å². The molecule has 1 heterocycles. The van der Waals surface area contributed by atoms with E-state index in [-0.39, 0.29) is 22.2 Å². The van der Waals surface area contributed by atoms with Crippen LogP contribution in [0, 0.1) is 5.82 Å². The fraction of sp³-hybridized carbons (Fsp3) is 0.154. The number of carbonyl (C=O) groups excluding carboxylic acids is 1. The monoisotopic (exact) mass is 328 g/mol. The molecule has 0 saturated heterocycles. The van der Waals surface area contributed by atoms with Crippen molar-refractivity contribution in [3.8, 4) is 0 Å². The number of aromatic carboxylic acids is 1. The van der Waals surface area contributed by atoms with Crippen LogP contribution in [0.4, 0.5) is 4.39 Å². The maximum absolute atomic E-state index is 13.0. The van der Waals surface area contributed by atoms with Crippen LogP contribution in [0.25, 0.3) is 0 Å². The third-order valence-electron chi connectivity index (χ3n) is 2.58. The van der Waals surface area contributed by atoms with Gasteiger partial charge in [0.15, 0.2) is 5.69 Å². The molecule has 5 nitrogen and oxygen atoms in total. The van der Waals surface area contributed by atoms with Crippen LogP contribution >= 0.6 is 22.9 Å². The highest BCUT2D eigenvalue weighted by molar-refractivity contribution is 7.09.